The van der Waals surface area contributed by atoms with Gasteiger partial charge in [0.2, 0.25) is 0 Å². The van der Waals surface area contributed by atoms with E-state index in [0.717, 1.165) is 25.7 Å². The van der Waals surface area contributed by atoms with Crippen molar-refractivity contribution in [2.24, 2.45) is 5.92 Å². The molecular formula is C12H21F3O3. The summed E-state index contributed by atoms with van der Waals surface area (Å²) in [5.74, 6) is -0.651. The van der Waals surface area contributed by atoms with Crippen LogP contribution < -0.4 is 0 Å². The second-order valence-corrected chi connectivity index (χ2v) is 4.06. The van der Waals surface area contributed by atoms with Gasteiger partial charge in [0.15, 0.2) is 0 Å². The molecule has 0 aliphatic rings. The van der Waals surface area contributed by atoms with E-state index in [1.165, 1.54) is 0 Å². The van der Waals surface area contributed by atoms with Crippen LogP contribution in [0.3, 0.4) is 0 Å². The molecule has 0 fully saturated rings. The summed E-state index contributed by atoms with van der Waals surface area (Å²) in [6.07, 6.45) is -0.265. The van der Waals surface area contributed by atoms with E-state index in [2.05, 4.69) is 11.7 Å². The first-order valence-corrected chi connectivity index (χ1v) is 6.28. The van der Waals surface area contributed by atoms with Gasteiger partial charge in [-0.15, -0.1) is 13.2 Å². The SMILES string of the molecule is CCCCCC(CC)C(=O)OCCOC(F)(F)F. The van der Waals surface area contributed by atoms with E-state index in [1.54, 1.807) is 0 Å². The van der Waals surface area contributed by atoms with Crippen LogP contribution in [0.1, 0.15) is 46.0 Å². The van der Waals surface area contributed by atoms with E-state index in [0.29, 0.717) is 6.42 Å². The van der Waals surface area contributed by atoms with Crippen LogP contribution in [-0.2, 0) is 14.3 Å². The standard InChI is InChI=1S/C12H21F3O3/c1-3-5-6-7-10(4-2)11(16)17-8-9-18-12(13,14)15/h10H,3-9H2,1-2H3. The van der Waals surface area contributed by atoms with Crippen molar-refractivity contribution in [1.82, 2.24) is 0 Å². The maximum absolute atomic E-state index is 11.6. The summed E-state index contributed by atoms with van der Waals surface area (Å²) in [7, 11) is 0. The van der Waals surface area contributed by atoms with Crippen molar-refractivity contribution in [3.8, 4) is 0 Å². The van der Waals surface area contributed by atoms with Crippen LogP contribution >= 0.6 is 0 Å². The maximum Gasteiger partial charge on any atom is 0.522 e. The van der Waals surface area contributed by atoms with E-state index in [9.17, 15) is 18.0 Å². The van der Waals surface area contributed by atoms with Crippen molar-refractivity contribution in [1.29, 1.82) is 0 Å². The quantitative estimate of drug-likeness (QED) is 0.473. The third kappa shape index (κ3) is 9.27. The van der Waals surface area contributed by atoms with Crippen molar-refractivity contribution in [3.63, 3.8) is 0 Å². The number of hydrogen-bond donors (Lipinski definition) is 0. The number of ether oxygens (including phenoxy) is 2. The Morgan fingerprint density at radius 2 is 1.83 bits per heavy atom. The molecule has 18 heavy (non-hydrogen) atoms. The van der Waals surface area contributed by atoms with Gasteiger partial charge in [0.1, 0.15) is 6.61 Å². The van der Waals surface area contributed by atoms with Crippen LogP contribution in [-0.4, -0.2) is 25.5 Å². The molecule has 0 bridgehead atoms. The van der Waals surface area contributed by atoms with Gasteiger partial charge in [-0.05, 0) is 12.8 Å². The molecule has 0 spiro atoms. The van der Waals surface area contributed by atoms with E-state index in [4.69, 9.17) is 4.74 Å². The minimum absolute atomic E-state index is 0.220. The smallest absolute Gasteiger partial charge is 0.463 e. The first-order chi connectivity index (χ1) is 8.40. The number of halogens is 3. The highest BCUT2D eigenvalue weighted by atomic mass is 19.4. The minimum atomic E-state index is -4.67. The second kappa shape index (κ2) is 9.19. The number of rotatable bonds is 9. The Labute approximate surface area is 106 Å². The lowest BCUT2D eigenvalue weighted by atomic mass is 9.99. The van der Waals surface area contributed by atoms with Gasteiger partial charge in [-0.1, -0.05) is 33.1 Å². The summed E-state index contributed by atoms with van der Waals surface area (Å²) in [5.41, 5.74) is 0. The van der Waals surface area contributed by atoms with E-state index >= 15 is 0 Å². The second-order valence-electron chi connectivity index (χ2n) is 4.06. The number of unbranched alkanes of at least 4 members (excludes halogenated alkanes) is 2. The Kier molecular flexibility index (Phi) is 8.79. The zero-order chi connectivity index (χ0) is 14.0. The molecule has 1 unspecified atom stereocenters. The van der Waals surface area contributed by atoms with Gasteiger partial charge in [-0.3, -0.25) is 9.53 Å². The summed E-state index contributed by atoms with van der Waals surface area (Å²) >= 11 is 0. The molecule has 0 heterocycles. The summed E-state index contributed by atoms with van der Waals surface area (Å²) in [6, 6.07) is 0. The minimum Gasteiger partial charge on any atom is -0.463 e. The van der Waals surface area contributed by atoms with Crippen molar-refractivity contribution in [3.05, 3.63) is 0 Å². The number of carbonyl (C=O) groups is 1. The molecule has 0 aliphatic heterocycles. The van der Waals surface area contributed by atoms with E-state index in [-0.39, 0.29) is 12.5 Å². The number of alkyl halides is 3. The van der Waals surface area contributed by atoms with Crippen LogP contribution in [0.4, 0.5) is 13.2 Å². The Morgan fingerprint density at radius 3 is 2.33 bits per heavy atom. The molecule has 0 N–H and O–H groups in total. The zero-order valence-electron chi connectivity index (χ0n) is 10.9. The maximum atomic E-state index is 11.6. The normalized spacial score (nSPS) is 13.4. The molecule has 0 saturated carbocycles. The van der Waals surface area contributed by atoms with Gasteiger partial charge in [0.05, 0.1) is 12.5 Å². The molecule has 0 saturated heterocycles. The summed E-state index contributed by atoms with van der Waals surface area (Å²) < 4.78 is 43.2. The highest BCUT2D eigenvalue weighted by Gasteiger charge is 2.29. The predicted molar refractivity (Wildman–Crippen MR) is 60.9 cm³/mol. The van der Waals surface area contributed by atoms with Crippen LogP contribution in [0.25, 0.3) is 0 Å². The van der Waals surface area contributed by atoms with Crippen molar-refractivity contribution >= 4 is 5.97 Å². The highest BCUT2D eigenvalue weighted by molar-refractivity contribution is 5.72. The fraction of sp³-hybridized carbons (Fsp3) is 0.917. The van der Waals surface area contributed by atoms with E-state index < -0.39 is 18.9 Å². The monoisotopic (exact) mass is 270 g/mol. The highest BCUT2D eigenvalue weighted by Crippen LogP contribution is 2.17. The molecule has 3 nitrogen and oxygen atoms in total. The van der Waals surface area contributed by atoms with Gasteiger partial charge < -0.3 is 4.74 Å². The third-order valence-electron chi connectivity index (χ3n) is 2.58. The zero-order valence-corrected chi connectivity index (χ0v) is 10.9. The molecule has 0 aromatic carbocycles. The largest absolute Gasteiger partial charge is 0.522 e. The first-order valence-electron chi connectivity index (χ1n) is 6.28. The molecule has 0 amide bonds. The van der Waals surface area contributed by atoms with Crippen LogP contribution in [0, 0.1) is 5.92 Å². The molecule has 6 heteroatoms. The summed E-state index contributed by atoms with van der Waals surface area (Å²) in [4.78, 5) is 11.5. The molecular weight excluding hydrogens is 249 g/mol. The lowest BCUT2D eigenvalue weighted by Gasteiger charge is -2.14. The predicted octanol–water partition coefficient (Wildman–Crippen LogP) is 3.67. The van der Waals surface area contributed by atoms with Gasteiger partial charge in [-0.2, -0.15) is 0 Å². The fourth-order valence-corrected chi connectivity index (χ4v) is 1.55. The fourth-order valence-electron chi connectivity index (χ4n) is 1.55. The van der Waals surface area contributed by atoms with Crippen molar-refractivity contribution in [2.45, 2.75) is 52.3 Å². The molecule has 108 valence electrons. The average molecular weight is 270 g/mol. The van der Waals surface area contributed by atoms with Crippen LogP contribution in [0.2, 0.25) is 0 Å². The molecule has 0 aromatic heterocycles. The van der Waals surface area contributed by atoms with Crippen LogP contribution in [0.5, 0.6) is 0 Å². The van der Waals surface area contributed by atoms with Crippen LogP contribution in [0.15, 0.2) is 0 Å². The number of carbonyl (C=O) groups excluding carboxylic acids is 1. The first kappa shape index (κ1) is 17.2. The summed E-state index contributed by atoms with van der Waals surface area (Å²) in [5, 5.41) is 0. The summed E-state index contributed by atoms with van der Waals surface area (Å²) in [6.45, 7) is 2.92. The lowest BCUT2D eigenvalue weighted by Crippen LogP contribution is -2.22. The Bertz CT molecular complexity index is 229. The van der Waals surface area contributed by atoms with Gasteiger partial charge >= 0.3 is 12.3 Å². The van der Waals surface area contributed by atoms with Gasteiger partial charge in [0.25, 0.3) is 0 Å². The topological polar surface area (TPSA) is 35.5 Å². The van der Waals surface area contributed by atoms with Gasteiger partial charge in [-0.25, -0.2) is 0 Å². The lowest BCUT2D eigenvalue weighted by molar-refractivity contribution is -0.326. The molecule has 0 aliphatic carbocycles. The molecule has 0 radical (unpaired) electrons. The Balaban J connectivity index is 3.76. The Morgan fingerprint density at radius 1 is 1.17 bits per heavy atom. The molecule has 1 atom stereocenters. The number of esters is 1. The van der Waals surface area contributed by atoms with Gasteiger partial charge in [0, 0.05) is 0 Å². The number of hydrogen-bond acceptors (Lipinski definition) is 3. The third-order valence-corrected chi connectivity index (χ3v) is 2.58. The van der Waals surface area contributed by atoms with E-state index in [1.807, 2.05) is 6.92 Å². The van der Waals surface area contributed by atoms with Crippen molar-refractivity contribution in [2.75, 3.05) is 13.2 Å². The van der Waals surface area contributed by atoms with Crippen molar-refractivity contribution < 1.29 is 27.4 Å². The average Bonchev–Trinajstić information content (AvgIpc) is 2.29. The Hall–Kier alpha value is -0.780. The molecule has 0 rings (SSSR count). The molecule has 0 aromatic rings.